The minimum absolute atomic E-state index is 0.141. The summed E-state index contributed by atoms with van der Waals surface area (Å²) in [5.41, 5.74) is 0. The summed E-state index contributed by atoms with van der Waals surface area (Å²) >= 11 is 0. The molecule has 1 aliphatic rings. The smallest absolute Gasteiger partial charge is 0.308 e. The van der Waals surface area contributed by atoms with Crippen LogP contribution >= 0.6 is 0 Å². The first-order valence-corrected chi connectivity index (χ1v) is 10.3. The standard InChI is InChI=1S/C18H36O2Si/c1-4-10-15(11-5-2)18(21,14-6-3)17(19)20-16-12-8-7-9-13-16/h15-16H,4-14H2,1-3,21H3. The Bertz CT molecular complexity index is 294. The SMILES string of the molecule is CCCC(CCC)C([SiH3])(CCC)C(=O)OC1CCCCC1. The minimum Gasteiger partial charge on any atom is -0.462 e. The lowest BCUT2D eigenvalue weighted by atomic mass is 9.81. The number of ether oxygens (including phenoxy) is 1. The molecule has 0 saturated heterocycles. The van der Waals surface area contributed by atoms with E-state index in [0.717, 1.165) is 35.9 Å². The van der Waals surface area contributed by atoms with Crippen LogP contribution in [0.15, 0.2) is 0 Å². The Morgan fingerprint density at radius 1 is 1.10 bits per heavy atom. The van der Waals surface area contributed by atoms with Crippen LogP contribution in [0, 0.1) is 5.92 Å². The summed E-state index contributed by atoms with van der Waals surface area (Å²) in [7, 11) is 0.929. The van der Waals surface area contributed by atoms with Gasteiger partial charge < -0.3 is 4.74 Å². The van der Waals surface area contributed by atoms with E-state index >= 15 is 0 Å². The van der Waals surface area contributed by atoms with Crippen molar-refractivity contribution in [1.29, 1.82) is 0 Å². The maximum Gasteiger partial charge on any atom is 0.308 e. The minimum atomic E-state index is -0.141. The predicted molar refractivity (Wildman–Crippen MR) is 93.8 cm³/mol. The first kappa shape index (κ1) is 18.7. The highest BCUT2D eigenvalue weighted by Crippen LogP contribution is 2.44. The quantitative estimate of drug-likeness (QED) is 0.466. The van der Waals surface area contributed by atoms with Gasteiger partial charge in [0.05, 0.1) is 5.04 Å². The van der Waals surface area contributed by atoms with E-state index in [2.05, 4.69) is 20.8 Å². The van der Waals surface area contributed by atoms with Gasteiger partial charge in [-0.1, -0.05) is 46.5 Å². The lowest BCUT2D eigenvalue weighted by Gasteiger charge is -2.37. The number of esters is 1. The fourth-order valence-corrected chi connectivity index (χ4v) is 5.13. The molecular formula is C18H36O2Si. The molecule has 0 spiro atoms. The molecule has 0 aromatic carbocycles. The Balaban J connectivity index is 2.76. The van der Waals surface area contributed by atoms with Crippen molar-refractivity contribution in [2.24, 2.45) is 5.92 Å². The van der Waals surface area contributed by atoms with Gasteiger partial charge >= 0.3 is 5.97 Å². The number of hydrogen-bond acceptors (Lipinski definition) is 2. The second-order valence-corrected chi connectivity index (χ2v) is 8.89. The number of carbonyl (C=O) groups excluding carboxylic acids is 1. The van der Waals surface area contributed by atoms with Gasteiger partial charge in [-0.2, -0.15) is 0 Å². The van der Waals surface area contributed by atoms with Crippen LogP contribution in [0.4, 0.5) is 0 Å². The van der Waals surface area contributed by atoms with Crippen LogP contribution in [0.3, 0.4) is 0 Å². The van der Waals surface area contributed by atoms with E-state index in [0.29, 0.717) is 5.92 Å². The van der Waals surface area contributed by atoms with E-state index in [4.69, 9.17) is 4.74 Å². The highest BCUT2D eigenvalue weighted by molar-refractivity contribution is 6.27. The Morgan fingerprint density at radius 2 is 1.67 bits per heavy atom. The summed E-state index contributed by atoms with van der Waals surface area (Å²) in [6, 6.07) is 0. The number of hydrogen-bond donors (Lipinski definition) is 0. The van der Waals surface area contributed by atoms with Crippen molar-refractivity contribution >= 4 is 16.2 Å². The Kier molecular flexibility index (Phi) is 8.61. The van der Waals surface area contributed by atoms with E-state index in [9.17, 15) is 4.79 Å². The zero-order valence-corrected chi connectivity index (χ0v) is 16.7. The first-order chi connectivity index (χ1) is 10.1. The van der Waals surface area contributed by atoms with Crippen molar-refractivity contribution in [3.05, 3.63) is 0 Å². The largest absolute Gasteiger partial charge is 0.462 e. The summed E-state index contributed by atoms with van der Waals surface area (Å²) in [5, 5.41) is -0.141. The van der Waals surface area contributed by atoms with Crippen molar-refractivity contribution in [3.63, 3.8) is 0 Å². The third kappa shape index (κ3) is 5.43. The fraction of sp³-hybridized carbons (Fsp3) is 0.944. The molecule has 0 radical (unpaired) electrons. The van der Waals surface area contributed by atoms with E-state index in [1.807, 2.05) is 0 Å². The van der Waals surface area contributed by atoms with E-state index in [1.54, 1.807) is 0 Å². The van der Waals surface area contributed by atoms with Crippen LogP contribution < -0.4 is 0 Å². The summed E-state index contributed by atoms with van der Waals surface area (Å²) in [4.78, 5) is 12.9. The van der Waals surface area contributed by atoms with Crippen molar-refractivity contribution in [2.45, 2.75) is 103 Å². The lowest BCUT2D eigenvalue weighted by molar-refractivity contribution is -0.156. The summed E-state index contributed by atoms with van der Waals surface area (Å²) in [5.74, 6) is 0.685. The highest BCUT2D eigenvalue weighted by Gasteiger charge is 2.41. The normalized spacial score (nSPS) is 19.6. The van der Waals surface area contributed by atoms with Gasteiger partial charge in [-0.3, -0.25) is 4.79 Å². The van der Waals surface area contributed by atoms with Crippen molar-refractivity contribution in [3.8, 4) is 0 Å². The van der Waals surface area contributed by atoms with E-state index in [1.165, 1.54) is 44.9 Å². The van der Waals surface area contributed by atoms with Crippen LogP contribution in [0.2, 0.25) is 5.04 Å². The molecule has 0 N–H and O–H groups in total. The Morgan fingerprint density at radius 3 is 2.14 bits per heavy atom. The molecule has 1 atom stereocenters. The molecule has 1 fully saturated rings. The molecule has 1 rings (SSSR count). The van der Waals surface area contributed by atoms with E-state index in [-0.39, 0.29) is 17.1 Å². The number of carbonyl (C=O) groups is 1. The van der Waals surface area contributed by atoms with Gasteiger partial charge in [0.15, 0.2) is 0 Å². The predicted octanol–water partition coefficient (Wildman–Crippen LogP) is 4.40. The molecule has 1 aliphatic carbocycles. The zero-order valence-electron chi connectivity index (χ0n) is 14.7. The van der Waals surface area contributed by atoms with Crippen LogP contribution in [0.5, 0.6) is 0 Å². The van der Waals surface area contributed by atoms with E-state index < -0.39 is 0 Å². The lowest BCUT2D eigenvalue weighted by Crippen LogP contribution is -2.37. The van der Waals surface area contributed by atoms with Crippen molar-refractivity contribution in [1.82, 2.24) is 0 Å². The van der Waals surface area contributed by atoms with Crippen LogP contribution in [-0.4, -0.2) is 22.3 Å². The molecule has 0 amide bonds. The van der Waals surface area contributed by atoms with Crippen molar-refractivity contribution in [2.75, 3.05) is 0 Å². The number of rotatable bonds is 9. The van der Waals surface area contributed by atoms with Crippen LogP contribution in [0.25, 0.3) is 0 Å². The molecule has 0 aromatic heterocycles. The molecule has 21 heavy (non-hydrogen) atoms. The van der Waals surface area contributed by atoms with Crippen molar-refractivity contribution < 1.29 is 9.53 Å². The third-order valence-corrected chi connectivity index (χ3v) is 6.96. The van der Waals surface area contributed by atoms with Gasteiger partial charge in [-0.25, -0.2) is 0 Å². The van der Waals surface area contributed by atoms with Gasteiger partial charge in [0, 0.05) is 10.2 Å². The molecule has 1 unspecified atom stereocenters. The second-order valence-electron chi connectivity index (χ2n) is 7.11. The summed E-state index contributed by atoms with van der Waals surface area (Å²) < 4.78 is 5.98. The van der Waals surface area contributed by atoms with Gasteiger partial charge in [0.2, 0.25) is 0 Å². The summed E-state index contributed by atoms with van der Waals surface area (Å²) in [6.45, 7) is 6.68. The Hall–Kier alpha value is -0.313. The van der Waals surface area contributed by atoms with Crippen LogP contribution in [0.1, 0.15) is 91.4 Å². The maximum atomic E-state index is 12.9. The molecule has 0 aromatic rings. The zero-order chi connectivity index (χ0) is 15.7. The molecule has 3 heteroatoms. The maximum absolute atomic E-state index is 12.9. The highest BCUT2D eigenvalue weighted by atomic mass is 28.1. The molecule has 2 nitrogen and oxygen atoms in total. The van der Waals surface area contributed by atoms with Gasteiger partial charge in [0.25, 0.3) is 0 Å². The molecule has 0 bridgehead atoms. The molecule has 0 aliphatic heterocycles. The average molecular weight is 313 g/mol. The van der Waals surface area contributed by atoms with Crippen LogP contribution in [-0.2, 0) is 9.53 Å². The molecule has 0 heterocycles. The topological polar surface area (TPSA) is 26.3 Å². The third-order valence-electron chi connectivity index (χ3n) is 5.24. The monoisotopic (exact) mass is 312 g/mol. The average Bonchev–Trinajstić information content (AvgIpc) is 2.48. The van der Waals surface area contributed by atoms with Gasteiger partial charge in [-0.05, 0) is 50.9 Å². The summed E-state index contributed by atoms with van der Waals surface area (Å²) in [6.07, 6.45) is 13.0. The van der Waals surface area contributed by atoms with Gasteiger partial charge in [0.1, 0.15) is 6.10 Å². The molecule has 1 saturated carbocycles. The second kappa shape index (κ2) is 9.65. The Labute approximate surface area is 134 Å². The van der Waals surface area contributed by atoms with Gasteiger partial charge in [-0.15, -0.1) is 0 Å². The fourth-order valence-electron chi connectivity index (χ4n) is 3.94. The first-order valence-electron chi connectivity index (χ1n) is 9.29. The molecular weight excluding hydrogens is 276 g/mol. The molecule has 124 valence electrons.